The summed E-state index contributed by atoms with van der Waals surface area (Å²) in [6.07, 6.45) is 7.23. The second-order valence-electron chi connectivity index (χ2n) is 4.74. The molecule has 0 saturated heterocycles. The fraction of sp³-hybridized carbons (Fsp3) is 0.125. The molecule has 0 atom stereocenters. The zero-order valence-corrected chi connectivity index (χ0v) is 11.4. The molecule has 98 valence electrons. The molecule has 0 amide bonds. The molecule has 0 aromatic carbocycles. The van der Waals surface area contributed by atoms with Crippen molar-refractivity contribution in [2.24, 2.45) is 0 Å². The van der Waals surface area contributed by atoms with E-state index in [0.29, 0.717) is 5.82 Å². The third kappa shape index (κ3) is 2.54. The summed E-state index contributed by atoms with van der Waals surface area (Å²) in [7, 11) is 0. The number of nitrogens with zero attached hydrogens (tertiary/aromatic N) is 4. The standard InChI is InChI=1S/C16H14N4/c1-11-3-5-14(17-7-11)15-6-4-13(10-18-15)16-19-8-12(2)9-20-16/h3-10H,1-2H3. The number of aromatic nitrogens is 4. The molecule has 0 aliphatic heterocycles. The molecule has 0 bridgehead atoms. The Morgan fingerprint density at radius 1 is 0.600 bits per heavy atom. The second-order valence-corrected chi connectivity index (χ2v) is 4.74. The van der Waals surface area contributed by atoms with E-state index in [4.69, 9.17) is 0 Å². The van der Waals surface area contributed by atoms with Crippen LogP contribution in [0.4, 0.5) is 0 Å². The van der Waals surface area contributed by atoms with Crippen LogP contribution in [0.2, 0.25) is 0 Å². The van der Waals surface area contributed by atoms with E-state index in [1.165, 1.54) is 0 Å². The summed E-state index contributed by atoms with van der Waals surface area (Å²) >= 11 is 0. The average Bonchev–Trinajstić information content (AvgIpc) is 2.49. The summed E-state index contributed by atoms with van der Waals surface area (Å²) in [6.45, 7) is 3.98. The predicted octanol–water partition coefficient (Wildman–Crippen LogP) is 3.22. The van der Waals surface area contributed by atoms with Crippen molar-refractivity contribution in [1.82, 2.24) is 19.9 Å². The van der Waals surface area contributed by atoms with Crippen LogP contribution in [0.1, 0.15) is 11.1 Å². The van der Waals surface area contributed by atoms with Crippen molar-refractivity contribution < 1.29 is 0 Å². The Hall–Kier alpha value is -2.62. The van der Waals surface area contributed by atoms with E-state index < -0.39 is 0 Å². The van der Waals surface area contributed by atoms with E-state index in [-0.39, 0.29) is 0 Å². The van der Waals surface area contributed by atoms with E-state index in [0.717, 1.165) is 28.1 Å². The molecule has 3 aromatic heterocycles. The summed E-state index contributed by atoms with van der Waals surface area (Å²) in [6, 6.07) is 7.91. The predicted molar refractivity (Wildman–Crippen MR) is 78.0 cm³/mol. The van der Waals surface area contributed by atoms with Crippen molar-refractivity contribution in [1.29, 1.82) is 0 Å². The number of hydrogen-bond acceptors (Lipinski definition) is 4. The van der Waals surface area contributed by atoms with Crippen LogP contribution in [0.25, 0.3) is 22.8 Å². The lowest BCUT2D eigenvalue weighted by atomic mass is 10.2. The first kappa shape index (κ1) is 12.4. The van der Waals surface area contributed by atoms with Gasteiger partial charge in [0.2, 0.25) is 0 Å². The lowest BCUT2D eigenvalue weighted by Gasteiger charge is -2.03. The molecule has 0 aliphatic rings. The van der Waals surface area contributed by atoms with Gasteiger partial charge in [-0.05, 0) is 43.2 Å². The first-order valence-corrected chi connectivity index (χ1v) is 6.40. The van der Waals surface area contributed by atoms with E-state index in [9.17, 15) is 0 Å². The molecule has 0 fully saturated rings. The summed E-state index contributed by atoms with van der Waals surface area (Å²) in [5, 5.41) is 0. The third-order valence-corrected chi connectivity index (χ3v) is 2.98. The van der Waals surface area contributed by atoms with Gasteiger partial charge in [0.05, 0.1) is 11.4 Å². The zero-order chi connectivity index (χ0) is 13.9. The van der Waals surface area contributed by atoms with Gasteiger partial charge in [-0.1, -0.05) is 6.07 Å². The van der Waals surface area contributed by atoms with Crippen LogP contribution in [0.5, 0.6) is 0 Å². The van der Waals surface area contributed by atoms with Crippen LogP contribution < -0.4 is 0 Å². The molecule has 4 nitrogen and oxygen atoms in total. The summed E-state index contributed by atoms with van der Waals surface area (Å²) in [4.78, 5) is 17.4. The largest absolute Gasteiger partial charge is 0.254 e. The fourth-order valence-corrected chi connectivity index (χ4v) is 1.84. The minimum Gasteiger partial charge on any atom is -0.254 e. The highest BCUT2D eigenvalue weighted by atomic mass is 14.9. The lowest BCUT2D eigenvalue weighted by Crippen LogP contribution is -1.92. The summed E-state index contributed by atoms with van der Waals surface area (Å²) < 4.78 is 0. The molecule has 20 heavy (non-hydrogen) atoms. The van der Waals surface area contributed by atoms with Crippen molar-refractivity contribution in [3.8, 4) is 22.8 Å². The maximum Gasteiger partial charge on any atom is 0.160 e. The van der Waals surface area contributed by atoms with Crippen LogP contribution >= 0.6 is 0 Å². The van der Waals surface area contributed by atoms with Gasteiger partial charge < -0.3 is 0 Å². The molecule has 0 saturated carbocycles. The van der Waals surface area contributed by atoms with Gasteiger partial charge in [0.1, 0.15) is 0 Å². The van der Waals surface area contributed by atoms with Gasteiger partial charge in [0.25, 0.3) is 0 Å². The monoisotopic (exact) mass is 262 g/mol. The fourth-order valence-electron chi connectivity index (χ4n) is 1.84. The summed E-state index contributed by atoms with van der Waals surface area (Å²) in [5.74, 6) is 0.687. The van der Waals surface area contributed by atoms with E-state index in [1.54, 1.807) is 18.6 Å². The van der Waals surface area contributed by atoms with E-state index in [2.05, 4.69) is 19.9 Å². The van der Waals surface area contributed by atoms with Crippen molar-refractivity contribution in [2.75, 3.05) is 0 Å². The maximum absolute atomic E-state index is 4.43. The van der Waals surface area contributed by atoms with Gasteiger partial charge >= 0.3 is 0 Å². The van der Waals surface area contributed by atoms with E-state index in [1.807, 2.05) is 44.3 Å². The minimum atomic E-state index is 0.687. The molecule has 0 N–H and O–H groups in total. The van der Waals surface area contributed by atoms with Crippen molar-refractivity contribution in [3.05, 3.63) is 60.2 Å². The number of hydrogen-bond donors (Lipinski definition) is 0. The molecular weight excluding hydrogens is 248 g/mol. The molecule has 0 unspecified atom stereocenters. The Morgan fingerprint density at radius 2 is 1.20 bits per heavy atom. The Kier molecular flexibility index (Phi) is 3.21. The Morgan fingerprint density at radius 3 is 1.75 bits per heavy atom. The van der Waals surface area contributed by atoms with Gasteiger partial charge in [-0.15, -0.1) is 0 Å². The molecule has 4 heteroatoms. The quantitative estimate of drug-likeness (QED) is 0.711. The van der Waals surface area contributed by atoms with Crippen LogP contribution in [-0.4, -0.2) is 19.9 Å². The minimum absolute atomic E-state index is 0.687. The van der Waals surface area contributed by atoms with Gasteiger partial charge in [-0.25, -0.2) is 9.97 Å². The molecule has 3 rings (SSSR count). The number of rotatable bonds is 2. The second kappa shape index (κ2) is 5.17. The van der Waals surface area contributed by atoms with Crippen LogP contribution in [0.15, 0.2) is 49.1 Å². The van der Waals surface area contributed by atoms with Gasteiger partial charge in [0, 0.05) is 30.4 Å². The van der Waals surface area contributed by atoms with E-state index >= 15 is 0 Å². The molecular formula is C16H14N4. The maximum atomic E-state index is 4.43. The van der Waals surface area contributed by atoms with Gasteiger partial charge in [-0.3, -0.25) is 9.97 Å². The van der Waals surface area contributed by atoms with Crippen molar-refractivity contribution in [3.63, 3.8) is 0 Å². The molecule has 0 spiro atoms. The van der Waals surface area contributed by atoms with Crippen molar-refractivity contribution >= 4 is 0 Å². The number of pyridine rings is 2. The Bertz CT molecular complexity index is 636. The SMILES string of the molecule is Cc1ccc(-c2ccc(-c3ncc(C)cn3)cn2)nc1. The molecule has 3 aromatic rings. The van der Waals surface area contributed by atoms with Crippen LogP contribution in [0, 0.1) is 13.8 Å². The summed E-state index contributed by atoms with van der Waals surface area (Å²) in [5.41, 5.74) is 4.80. The van der Waals surface area contributed by atoms with Crippen molar-refractivity contribution in [2.45, 2.75) is 13.8 Å². The van der Waals surface area contributed by atoms with Crippen LogP contribution in [0.3, 0.4) is 0 Å². The Labute approximate surface area is 117 Å². The molecule has 0 aliphatic carbocycles. The van der Waals surface area contributed by atoms with Gasteiger partial charge in [0.15, 0.2) is 5.82 Å². The third-order valence-electron chi connectivity index (χ3n) is 2.98. The highest BCUT2D eigenvalue weighted by Gasteiger charge is 2.04. The number of aryl methyl sites for hydroxylation is 2. The van der Waals surface area contributed by atoms with Crippen LogP contribution in [-0.2, 0) is 0 Å². The highest BCUT2D eigenvalue weighted by Crippen LogP contribution is 2.18. The smallest absolute Gasteiger partial charge is 0.160 e. The molecule has 3 heterocycles. The lowest BCUT2D eigenvalue weighted by molar-refractivity contribution is 1.13. The Balaban J connectivity index is 1.91. The normalized spacial score (nSPS) is 10.5. The zero-order valence-electron chi connectivity index (χ0n) is 11.4. The van der Waals surface area contributed by atoms with Gasteiger partial charge in [-0.2, -0.15) is 0 Å². The molecule has 0 radical (unpaired) electrons. The average molecular weight is 262 g/mol. The first-order chi connectivity index (χ1) is 9.72. The highest BCUT2D eigenvalue weighted by molar-refractivity contribution is 5.60. The topological polar surface area (TPSA) is 51.6 Å². The first-order valence-electron chi connectivity index (χ1n) is 6.40.